The maximum atomic E-state index is 11.8. The number of carbonyl (C=O) groups is 1. The lowest BCUT2D eigenvalue weighted by molar-refractivity contribution is 0.106. The summed E-state index contributed by atoms with van der Waals surface area (Å²) in [5, 5.41) is 7.42. The first-order valence-electron chi connectivity index (χ1n) is 8.56. The fourth-order valence-electron chi connectivity index (χ4n) is 2.39. The van der Waals surface area contributed by atoms with E-state index in [9.17, 15) is 13.2 Å². The van der Waals surface area contributed by atoms with Crippen molar-refractivity contribution in [3.05, 3.63) is 63.6 Å². The second-order valence-electron chi connectivity index (χ2n) is 6.25. The van der Waals surface area contributed by atoms with Crippen LogP contribution in [-0.2, 0) is 31.3 Å². The van der Waals surface area contributed by atoms with Crippen LogP contribution in [0.2, 0.25) is 0 Å². The highest BCUT2D eigenvalue weighted by Crippen LogP contribution is 2.28. The van der Waals surface area contributed by atoms with Gasteiger partial charge in [-0.25, -0.2) is 0 Å². The molecule has 0 bridgehead atoms. The summed E-state index contributed by atoms with van der Waals surface area (Å²) >= 11 is 0. The highest BCUT2D eigenvalue weighted by molar-refractivity contribution is 7.91. The summed E-state index contributed by atoms with van der Waals surface area (Å²) in [7, 11) is -10.8. The van der Waals surface area contributed by atoms with E-state index < -0.39 is 47.7 Å². The molecule has 0 heterocycles. The first-order valence-corrected chi connectivity index (χ1v) is 12.0. The lowest BCUT2D eigenvalue weighted by Crippen LogP contribution is -2.26. The molecule has 1 aliphatic rings. The number of carbonyl (C=O) groups excluding carboxylic acids is 1. The topological polar surface area (TPSA) is 250 Å². The summed E-state index contributed by atoms with van der Waals surface area (Å²) in [6.07, 6.45) is 1.06. The molecule has 0 aliphatic heterocycles. The number of hydrogen-bond donors (Lipinski definition) is 4. The zero-order chi connectivity index (χ0) is 26.8. The standard InChI is InChI=1S/C10H8N2O4S.C8H11N.2O3S/c11-6-3-1-2-5-4-7(17(14,15)16)9(12)10(13)8(5)6;1-6-3-4-8(9)5-7(6)2;2*1-4(2)3/h1-4,12H,11H2,(H,14,15,16);3-5H,9H2,1-2H3;;. The molecule has 13 nitrogen and oxygen atoms in total. The number of nitrogens with two attached hydrogens (primary N) is 2. The fraction of sp³-hybridized carbons (Fsp3) is 0.111. The summed E-state index contributed by atoms with van der Waals surface area (Å²) in [5.41, 5.74) is 14.3. The van der Waals surface area contributed by atoms with E-state index in [1.165, 1.54) is 23.3 Å². The summed E-state index contributed by atoms with van der Waals surface area (Å²) < 4.78 is 81.6. The number of anilines is 2. The highest BCUT2D eigenvalue weighted by Gasteiger charge is 2.32. The molecule has 184 valence electrons. The van der Waals surface area contributed by atoms with Crippen molar-refractivity contribution >= 4 is 60.3 Å². The molecule has 1 aliphatic carbocycles. The van der Waals surface area contributed by atoms with Gasteiger partial charge >= 0.3 is 21.2 Å². The molecule has 34 heavy (non-hydrogen) atoms. The Labute approximate surface area is 197 Å². The van der Waals surface area contributed by atoms with Gasteiger partial charge in [-0.2, -0.15) is 8.42 Å². The third-order valence-electron chi connectivity index (χ3n) is 3.92. The molecule has 0 spiro atoms. The van der Waals surface area contributed by atoms with Gasteiger partial charge in [-0.15, -0.1) is 25.3 Å². The highest BCUT2D eigenvalue weighted by atomic mass is 32.2. The zero-order valence-electron chi connectivity index (χ0n) is 17.5. The first-order chi connectivity index (χ1) is 15.5. The Kier molecular flexibility index (Phi) is 11.7. The van der Waals surface area contributed by atoms with Crippen LogP contribution in [-0.4, -0.2) is 49.7 Å². The molecule has 2 aromatic rings. The molecule has 0 unspecified atom stereocenters. The Bertz CT molecular complexity index is 1420. The van der Waals surface area contributed by atoms with E-state index in [-0.39, 0.29) is 16.8 Å². The van der Waals surface area contributed by atoms with Crippen molar-refractivity contribution in [1.29, 1.82) is 5.41 Å². The molecule has 0 aromatic heterocycles. The van der Waals surface area contributed by atoms with Crippen LogP contribution in [0.3, 0.4) is 0 Å². The van der Waals surface area contributed by atoms with Crippen LogP contribution in [0.4, 0.5) is 11.4 Å². The number of fused-ring (bicyclic) bond motifs is 1. The average molecular weight is 534 g/mol. The van der Waals surface area contributed by atoms with Crippen molar-refractivity contribution in [1.82, 2.24) is 0 Å². The molecule has 16 heteroatoms. The molecule has 0 amide bonds. The number of rotatable bonds is 1. The van der Waals surface area contributed by atoms with Gasteiger partial charge in [0.15, 0.2) is 0 Å². The molecule has 6 N–H and O–H groups in total. The Morgan fingerprint density at radius 3 is 1.79 bits per heavy atom. The third-order valence-corrected chi connectivity index (χ3v) is 4.80. The van der Waals surface area contributed by atoms with Gasteiger partial charge in [0.2, 0.25) is 5.78 Å². The van der Waals surface area contributed by atoms with Gasteiger partial charge in [0.25, 0.3) is 10.1 Å². The number of allylic oxidation sites excluding steroid dienone is 1. The van der Waals surface area contributed by atoms with Crippen LogP contribution >= 0.6 is 0 Å². The van der Waals surface area contributed by atoms with E-state index in [2.05, 4.69) is 13.8 Å². The molecular formula is C18H19N3O10S3. The van der Waals surface area contributed by atoms with E-state index in [1.54, 1.807) is 6.07 Å². The van der Waals surface area contributed by atoms with Gasteiger partial charge in [0.05, 0.1) is 5.56 Å². The SMILES string of the molecule is Cc1ccc(N)cc1C.N=C1C(=O)c2c(N)cccc2C=C1S(=O)(=O)O.O=S(=O)=O.O=S(=O)=O. The van der Waals surface area contributed by atoms with Gasteiger partial charge in [-0.1, -0.05) is 18.2 Å². The monoisotopic (exact) mass is 533 g/mol. The molecule has 3 rings (SSSR count). The Balaban J connectivity index is 0.000000534. The second kappa shape index (κ2) is 13.1. The number of ketones is 1. The summed E-state index contributed by atoms with van der Waals surface area (Å²) in [5.74, 6) is -0.812. The number of benzene rings is 2. The largest absolute Gasteiger partial charge is 0.425 e. The molecule has 0 atom stereocenters. The molecular weight excluding hydrogens is 514 g/mol. The summed E-state index contributed by atoms with van der Waals surface area (Å²) in [6.45, 7) is 4.14. The predicted molar refractivity (Wildman–Crippen MR) is 122 cm³/mol. The minimum absolute atomic E-state index is 0.0879. The van der Waals surface area contributed by atoms with Crippen LogP contribution in [0.15, 0.2) is 41.3 Å². The molecule has 0 fully saturated rings. The van der Waals surface area contributed by atoms with Gasteiger partial charge in [0.1, 0.15) is 10.6 Å². The predicted octanol–water partition coefficient (Wildman–Crippen LogP) is 0.591. The van der Waals surface area contributed by atoms with E-state index >= 15 is 0 Å². The number of Topliss-reactive ketones (excluding diaryl/α,β-unsaturated/α-hetero) is 1. The zero-order valence-corrected chi connectivity index (χ0v) is 20.0. The van der Waals surface area contributed by atoms with Gasteiger partial charge in [-0.05, 0) is 54.8 Å². The maximum absolute atomic E-state index is 11.8. The van der Waals surface area contributed by atoms with Gasteiger partial charge in [-0.3, -0.25) is 14.8 Å². The smallest absolute Gasteiger partial charge is 0.399 e. The van der Waals surface area contributed by atoms with E-state index in [1.807, 2.05) is 18.2 Å². The average Bonchev–Trinajstić information content (AvgIpc) is 2.66. The molecule has 0 radical (unpaired) electrons. The fourth-order valence-corrected chi connectivity index (χ4v) is 3.02. The van der Waals surface area contributed by atoms with E-state index in [4.69, 9.17) is 46.7 Å². The van der Waals surface area contributed by atoms with Crippen LogP contribution < -0.4 is 11.5 Å². The number of nitrogen functional groups attached to an aromatic ring is 2. The maximum Gasteiger partial charge on any atom is 0.425 e. The minimum atomic E-state index is -4.59. The molecule has 0 saturated carbocycles. The summed E-state index contributed by atoms with van der Waals surface area (Å²) in [4.78, 5) is 11.1. The number of aryl methyl sites for hydroxylation is 2. The van der Waals surface area contributed by atoms with Crippen molar-refractivity contribution in [2.24, 2.45) is 0 Å². The molecule has 0 saturated heterocycles. The van der Waals surface area contributed by atoms with E-state index in [0.29, 0.717) is 0 Å². The van der Waals surface area contributed by atoms with E-state index in [0.717, 1.165) is 11.8 Å². The second-order valence-corrected chi connectivity index (χ2v) is 8.46. The van der Waals surface area contributed by atoms with Crippen LogP contribution in [0.25, 0.3) is 6.08 Å². The van der Waals surface area contributed by atoms with Gasteiger partial charge in [0, 0.05) is 11.4 Å². The molecule has 2 aromatic carbocycles. The quantitative estimate of drug-likeness (QED) is 0.290. The van der Waals surface area contributed by atoms with Gasteiger partial charge < -0.3 is 11.5 Å². The minimum Gasteiger partial charge on any atom is -0.399 e. The number of nitrogens with one attached hydrogen (secondary N) is 1. The first kappa shape index (κ1) is 30.3. The van der Waals surface area contributed by atoms with Crippen LogP contribution in [0.1, 0.15) is 27.0 Å². The normalized spacial score (nSPS) is 11.7. The van der Waals surface area contributed by atoms with Crippen molar-refractivity contribution in [2.45, 2.75) is 13.8 Å². The Morgan fingerprint density at radius 1 is 0.882 bits per heavy atom. The Morgan fingerprint density at radius 2 is 1.38 bits per heavy atom. The lowest BCUT2D eigenvalue weighted by atomic mass is 9.93. The third kappa shape index (κ3) is 10.3. The van der Waals surface area contributed by atoms with Crippen LogP contribution in [0.5, 0.6) is 0 Å². The Hall–Kier alpha value is -3.73. The lowest BCUT2D eigenvalue weighted by Gasteiger charge is -2.15. The van der Waals surface area contributed by atoms with Crippen molar-refractivity contribution in [3.63, 3.8) is 0 Å². The number of hydrogen-bond acceptors (Lipinski definition) is 12. The van der Waals surface area contributed by atoms with Crippen molar-refractivity contribution in [3.8, 4) is 0 Å². The van der Waals surface area contributed by atoms with Crippen molar-refractivity contribution < 1.29 is 43.0 Å². The van der Waals surface area contributed by atoms with Crippen molar-refractivity contribution in [2.75, 3.05) is 11.5 Å². The van der Waals surface area contributed by atoms with Crippen LogP contribution in [0, 0.1) is 19.3 Å². The summed E-state index contributed by atoms with van der Waals surface area (Å²) in [6, 6.07) is 10.5.